The van der Waals surface area contributed by atoms with Gasteiger partial charge in [-0.15, -0.1) is 11.6 Å². The van der Waals surface area contributed by atoms with Gasteiger partial charge in [-0.3, -0.25) is 4.72 Å². The number of ether oxygens (including phenoxy) is 2. The molecule has 0 aliphatic carbocycles. The van der Waals surface area contributed by atoms with Gasteiger partial charge in [0.25, 0.3) is 0 Å². The number of benzene rings is 2. The van der Waals surface area contributed by atoms with Crippen LogP contribution in [0.1, 0.15) is 35.4 Å². The van der Waals surface area contributed by atoms with E-state index in [2.05, 4.69) is 15.8 Å². The number of sulfonamides is 1. The number of thiazole rings is 1. The van der Waals surface area contributed by atoms with E-state index >= 15 is 0 Å². The van der Waals surface area contributed by atoms with Crippen LogP contribution in [0.15, 0.2) is 42.6 Å². The Balaban J connectivity index is 1.73. The van der Waals surface area contributed by atoms with E-state index in [1.54, 1.807) is 12.3 Å². The molecule has 0 bridgehead atoms. The first-order valence-corrected chi connectivity index (χ1v) is 13.7. The van der Waals surface area contributed by atoms with Crippen LogP contribution in [0.2, 0.25) is 5.02 Å². The van der Waals surface area contributed by atoms with Crippen molar-refractivity contribution in [2.75, 3.05) is 23.5 Å². The van der Waals surface area contributed by atoms with E-state index < -0.39 is 15.4 Å². The molecule has 0 spiro atoms. The van der Waals surface area contributed by atoms with Gasteiger partial charge in [0.2, 0.25) is 10.0 Å². The smallest absolute Gasteiger partial charge is 0.231 e. The van der Waals surface area contributed by atoms with Crippen LogP contribution in [-0.2, 0) is 22.0 Å². The number of aromatic nitrogens is 1. The van der Waals surface area contributed by atoms with E-state index in [-0.39, 0.29) is 13.2 Å². The lowest BCUT2D eigenvalue weighted by atomic mass is 9.77. The molecule has 1 heterocycles. The van der Waals surface area contributed by atoms with Crippen LogP contribution in [-0.4, -0.2) is 32.1 Å². The summed E-state index contributed by atoms with van der Waals surface area (Å²) in [6, 6.07) is 13.4. The number of nitrogens with zero attached hydrogens (tertiary/aromatic N) is 2. The summed E-state index contributed by atoms with van der Waals surface area (Å²) in [6.07, 6.45) is 2.65. The topological polar surface area (TPSA) is 101 Å². The van der Waals surface area contributed by atoms with Crippen LogP contribution in [0, 0.1) is 11.3 Å². The highest BCUT2D eigenvalue weighted by atomic mass is 35.5. The minimum atomic E-state index is -3.37. The summed E-state index contributed by atoms with van der Waals surface area (Å²) in [5.41, 5.74) is 1.79. The lowest BCUT2D eigenvalue weighted by Gasteiger charge is -2.27. The molecule has 0 atom stereocenters. The van der Waals surface area contributed by atoms with Gasteiger partial charge in [-0.05, 0) is 35.4 Å². The van der Waals surface area contributed by atoms with Crippen LogP contribution >= 0.6 is 34.5 Å². The number of hydrogen-bond donors (Lipinski definition) is 1. The van der Waals surface area contributed by atoms with Crippen molar-refractivity contribution < 1.29 is 17.9 Å². The normalized spacial score (nSPS) is 11.6. The zero-order valence-electron chi connectivity index (χ0n) is 18.8. The summed E-state index contributed by atoms with van der Waals surface area (Å²) in [4.78, 5) is 4.82. The fraction of sp³-hybridized carbons (Fsp3) is 0.304. The first-order valence-electron chi connectivity index (χ1n) is 10.1. The maximum atomic E-state index is 11.3. The molecule has 0 aliphatic rings. The number of hydrogen-bond acceptors (Lipinski definition) is 7. The van der Waals surface area contributed by atoms with Crippen molar-refractivity contribution >= 4 is 49.7 Å². The van der Waals surface area contributed by atoms with Gasteiger partial charge in [-0.25, -0.2) is 13.4 Å². The molecule has 3 rings (SSSR count). The molecular formula is C23H23Cl2N3O4S2. The van der Waals surface area contributed by atoms with Crippen molar-refractivity contribution in [1.82, 2.24) is 4.98 Å². The Bertz CT molecular complexity index is 1300. The Morgan fingerprint density at radius 2 is 1.88 bits per heavy atom. The predicted octanol–water partition coefficient (Wildman–Crippen LogP) is 5.56. The van der Waals surface area contributed by atoms with E-state index in [0.717, 1.165) is 22.3 Å². The number of nitriles is 1. The van der Waals surface area contributed by atoms with Crippen molar-refractivity contribution in [3.05, 3.63) is 69.2 Å². The molecule has 2 aromatic carbocycles. The van der Waals surface area contributed by atoms with Gasteiger partial charge in [-0.2, -0.15) is 5.26 Å². The van der Waals surface area contributed by atoms with Crippen molar-refractivity contribution in [1.29, 1.82) is 5.26 Å². The maximum absolute atomic E-state index is 11.3. The molecule has 0 amide bonds. The molecule has 3 aromatic rings. The Morgan fingerprint density at radius 3 is 2.50 bits per heavy atom. The second-order valence-corrected chi connectivity index (χ2v) is 11.6. The van der Waals surface area contributed by atoms with Crippen molar-refractivity contribution in [3.63, 3.8) is 0 Å². The fourth-order valence-electron chi connectivity index (χ4n) is 3.19. The first kappa shape index (κ1) is 26.1. The molecule has 180 valence electrons. The highest BCUT2D eigenvalue weighted by Crippen LogP contribution is 2.38. The third kappa shape index (κ3) is 6.54. The van der Waals surface area contributed by atoms with Crippen molar-refractivity contribution in [3.8, 4) is 17.6 Å². The SMILES string of the molecule is CC(C)(c1ccc(OCc2cnc(NS(C)(=O)=O)s2)cc1)c1cc(Cl)c(OCCCl)c(C#N)c1. The summed E-state index contributed by atoms with van der Waals surface area (Å²) in [5.74, 6) is 1.29. The van der Waals surface area contributed by atoms with Gasteiger partial charge in [0.1, 0.15) is 25.0 Å². The quantitative estimate of drug-likeness (QED) is 0.338. The predicted molar refractivity (Wildman–Crippen MR) is 136 cm³/mol. The van der Waals surface area contributed by atoms with Crippen LogP contribution < -0.4 is 14.2 Å². The molecule has 0 fully saturated rings. The van der Waals surface area contributed by atoms with Crippen LogP contribution in [0.5, 0.6) is 11.5 Å². The maximum Gasteiger partial charge on any atom is 0.231 e. The molecule has 7 nitrogen and oxygen atoms in total. The zero-order valence-corrected chi connectivity index (χ0v) is 21.9. The van der Waals surface area contributed by atoms with Gasteiger partial charge < -0.3 is 9.47 Å². The zero-order chi connectivity index (χ0) is 24.9. The molecule has 0 saturated heterocycles. The number of rotatable bonds is 10. The largest absolute Gasteiger partial charge is 0.489 e. The van der Waals surface area contributed by atoms with E-state index in [4.69, 9.17) is 32.7 Å². The highest BCUT2D eigenvalue weighted by molar-refractivity contribution is 7.92. The van der Waals surface area contributed by atoms with Crippen LogP contribution in [0.3, 0.4) is 0 Å². The molecule has 0 unspecified atom stereocenters. The number of anilines is 1. The third-order valence-electron chi connectivity index (χ3n) is 4.99. The van der Waals surface area contributed by atoms with Crippen molar-refractivity contribution in [2.24, 2.45) is 0 Å². The van der Waals surface area contributed by atoms with Gasteiger partial charge in [0.15, 0.2) is 10.9 Å². The molecule has 1 N–H and O–H groups in total. The standard InChI is InChI=1S/C23H23Cl2N3O4S2/c1-23(2,17-10-15(12-26)21(20(25)11-17)31-9-8-24)16-4-6-18(7-5-16)32-14-19-13-27-22(33-19)28-34(3,29)30/h4-7,10-11,13H,8-9,14H2,1-3H3,(H,27,28). The highest BCUT2D eigenvalue weighted by Gasteiger charge is 2.26. The molecular weight excluding hydrogens is 517 g/mol. The summed E-state index contributed by atoms with van der Waals surface area (Å²) in [5, 5.41) is 10.2. The Labute approximate surface area is 213 Å². The van der Waals surface area contributed by atoms with Crippen LogP contribution in [0.25, 0.3) is 0 Å². The number of halogens is 2. The molecule has 34 heavy (non-hydrogen) atoms. The minimum Gasteiger partial charge on any atom is -0.489 e. The lowest BCUT2D eigenvalue weighted by molar-refractivity contribution is 0.309. The Morgan fingerprint density at radius 1 is 1.18 bits per heavy atom. The second kappa shape index (κ2) is 10.8. The fourth-order valence-corrected chi connectivity index (χ4v) is 5.11. The van der Waals surface area contributed by atoms with Crippen molar-refractivity contribution in [2.45, 2.75) is 25.9 Å². The van der Waals surface area contributed by atoms with Gasteiger partial charge in [0, 0.05) is 11.6 Å². The third-order valence-corrected chi connectivity index (χ3v) is 7.01. The van der Waals surface area contributed by atoms with Gasteiger partial charge >= 0.3 is 0 Å². The average Bonchev–Trinajstić information content (AvgIpc) is 3.22. The van der Waals surface area contributed by atoms with E-state index in [1.807, 2.05) is 44.2 Å². The molecule has 0 radical (unpaired) electrons. The second-order valence-electron chi connectivity index (χ2n) is 7.93. The van der Waals surface area contributed by atoms with E-state index in [9.17, 15) is 13.7 Å². The first-order chi connectivity index (χ1) is 16.0. The van der Waals surface area contributed by atoms with Gasteiger partial charge in [-0.1, -0.05) is 48.9 Å². The summed E-state index contributed by atoms with van der Waals surface area (Å²) in [7, 11) is -3.37. The number of alkyl halides is 1. The number of nitrogens with one attached hydrogen (secondary N) is 1. The Hall–Kier alpha value is -2.51. The molecule has 1 aromatic heterocycles. The lowest BCUT2D eigenvalue weighted by Crippen LogP contribution is -2.19. The van der Waals surface area contributed by atoms with E-state index in [1.165, 1.54) is 11.3 Å². The minimum absolute atomic E-state index is 0.261. The summed E-state index contributed by atoms with van der Waals surface area (Å²) >= 11 is 13.3. The molecule has 0 saturated carbocycles. The van der Waals surface area contributed by atoms with E-state index in [0.29, 0.717) is 33.1 Å². The molecule has 0 aliphatic heterocycles. The summed E-state index contributed by atoms with van der Waals surface area (Å²) < 4.78 is 36.3. The Kier molecular flexibility index (Phi) is 8.31. The monoisotopic (exact) mass is 539 g/mol. The average molecular weight is 540 g/mol. The van der Waals surface area contributed by atoms with Gasteiger partial charge in [0.05, 0.1) is 27.6 Å². The molecule has 11 heteroatoms. The summed E-state index contributed by atoms with van der Waals surface area (Å²) in [6.45, 7) is 4.61. The van der Waals surface area contributed by atoms with Crippen LogP contribution in [0.4, 0.5) is 5.13 Å².